The Kier molecular flexibility index (Phi) is 3.80. The van der Waals surface area contributed by atoms with Gasteiger partial charge in [-0.15, -0.1) is 0 Å². The van der Waals surface area contributed by atoms with Crippen molar-refractivity contribution in [3.8, 4) is 0 Å². The van der Waals surface area contributed by atoms with Crippen LogP contribution in [0.15, 0.2) is 108 Å². The molecule has 0 aromatic heterocycles. The molecule has 1 fully saturated rings. The molecule has 27 heavy (non-hydrogen) atoms. The van der Waals surface area contributed by atoms with Crippen molar-refractivity contribution >= 4 is 0 Å². The molecule has 1 saturated carbocycles. The molecule has 2 N–H and O–H groups in total. The molecule has 0 spiro atoms. The quantitative estimate of drug-likeness (QED) is 0.793. The van der Waals surface area contributed by atoms with Gasteiger partial charge in [0.15, 0.2) is 0 Å². The van der Waals surface area contributed by atoms with Gasteiger partial charge in [0, 0.05) is 17.9 Å². The van der Waals surface area contributed by atoms with Crippen molar-refractivity contribution in [2.24, 2.45) is 23.5 Å². The predicted octanol–water partition coefficient (Wildman–Crippen LogP) is 5.17. The van der Waals surface area contributed by atoms with E-state index in [4.69, 9.17) is 5.73 Å². The summed E-state index contributed by atoms with van der Waals surface area (Å²) in [5.41, 5.74) is 11.9. The SMILES string of the molecule is CC1C=C2C(=CC1N)C1C=CC=C[C@@H]1C2(c1ccccc1)c1ccccc1. The van der Waals surface area contributed by atoms with Crippen LogP contribution in [0.5, 0.6) is 0 Å². The Balaban J connectivity index is 1.87. The number of fused-ring (bicyclic) bond motifs is 3. The molecule has 1 nitrogen and oxygen atoms in total. The zero-order valence-electron chi connectivity index (χ0n) is 15.6. The van der Waals surface area contributed by atoms with Crippen molar-refractivity contribution in [3.63, 3.8) is 0 Å². The molecule has 3 aliphatic carbocycles. The Morgan fingerprint density at radius 1 is 0.778 bits per heavy atom. The Labute approximate surface area is 161 Å². The van der Waals surface area contributed by atoms with E-state index in [9.17, 15) is 0 Å². The standard InChI is InChI=1S/C26H25N/c1-18-16-24-22(17-25(18)27)21-14-8-9-15-23(21)26(24,19-10-4-2-5-11-19)20-12-6-3-7-13-20/h2-18,21,23,25H,27H2,1H3/t18?,21?,23-,25?/m0/s1. The van der Waals surface area contributed by atoms with Crippen molar-refractivity contribution in [1.82, 2.24) is 0 Å². The zero-order valence-corrected chi connectivity index (χ0v) is 15.6. The Bertz CT molecular complexity index is 922. The molecule has 0 saturated heterocycles. The average molecular weight is 351 g/mol. The minimum Gasteiger partial charge on any atom is -0.324 e. The highest BCUT2D eigenvalue weighted by molar-refractivity contribution is 5.65. The van der Waals surface area contributed by atoms with Gasteiger partial charge in [0.25, 0.3) is 0 Å². The molecule has 0 heterocycles. The smallest absolute Gasteiger partial charge is 0.0522 e. The highest BCUT2D eigenvalue weighted by Gasteiger charge is 2.55. The molecule has 1 heteroatoms. The Morgan fingerprint density at radius 2 is 1.37 bits per heavy atom. The fourth-order valence-electron chi connectivity index (χ4n) is 5.33. The highest BCUT2D eigenvalue weighted by Crippen LogP contribution is 2.61. The third-order valence-corrected chi connectivity index (χ3v) is 6.60. The molecule has 0 amide bonds. The first-order chi connectivity index (χ1) is 13.2. The van der Waals surface area contributed by atoms with E-state index in [0.717, 1.165) is 0 Å². The van der Waals surface area contributed by atoms with Crippen molar-refractivity contribution in [3.05, 3.63) is 119 Å². The van der Waals surface area contributed by atoms with Crippen LogP contribution in [0.25, 0.3) is 0 Å². The minimum absolute atomic E-state index is 0.0889. The second kappa shape index (κ2) is 6.21. The maximum Gasteiger partial charge on any atom is 0.0522 e. The van der Waals surface area contributed by atoms with Gasteiger partial charge < -0.3 is 5.73 Å². The third-order valence-electron chi connectivity index (χ3n) is 6.60. The first-order valence-electron chi connectivity index (χ1n) is 9.89. The van der Waals surface area contributed by atoms with Crippen LogP contribution in [-0.2, 0) is 5.41 Å². The van der Waals surface area contributed by atoms with E-state index < -0.39 is 0 Å². The Hall–Kier alpha value is -2.64. The number of nitrogens with two attached hydrogens (primary N) is 1. The van der Waals surface area contributed by atoms with Gasteiger partial charge in [0.05, 0.1) is 5.41 Å². The normalized spacial score (nSPS) is 30.3. The fraction of sp³-hybridized carbons (Fsp3) is 0.231. The van der Waals surface area contributed by atoms with Crippen LogP contribution >= 0.6 is 0 Å². The summed E-state index contributed by atoms with van der Waals surface area (Å²) < 4.78 is 0. The lowest BCUT2D eigenvalue weighted by Gasteiger charge is -2.39. The van der Waals surface area contributed by atoms with Crippen LogP contribution < -0.4 is 5.73 Å². The van der Waals surface area contributed by atoms with Gasteiger partial charge >= 0.3 is 0 Å². The second-order valence-electron chi connectivity index (χ2n) is 8.00. The summed E-state index contributed by atoms with van der Waals surface area (Å²) in [5.74, 6) is 1.08. The molecule has 0 aliphatic heterocycles. The van der Waals surface area contributed by atoms with Crippen molar-refractivity contribution in [2.75, 3.05) is 0 Å². The summed E-state index contributed by atoms with van der Waals surface area (Å²) >= 11 is 0. The lowest BCUT2D eigenvalue weighted by atomic mass is 9.63. The molecule has 134 valence electrons. The summed E-state index contributed by atoms with van der Waals surface area (Å²) in [4.78, 5) is 0. The van der Waals surface area contributed by atoms with E-state index in [-0.39, 0.29) is 11.5 Å². The molecule has 3 aliphatic rings. The van der Waals surface area contributed by atoms with Crippen LogP contribution in [0.3, 0.4) is 0 Å². The highest BCUT2D eigenvalue weighted by atomic mass is 14.7. The molecule has 0 radical (unpaired) electrons. The summed E-state index contributed by atoms with van der Waals surface area (Å²) in [6, 6.07) is 22.1. The summed E-state index contributed by atoms with van der Waals surface area (Å²) in [6.45, 7) is 2.24. The monoisotopic (exact) mass is 351 g/mol. The number of allylic oxidation sites excluding steroid dienone is 6. The molecule has 2 aromatic carbocycles. The van der Waals surface area contributed by atoms with E-state index in [0.29, 0.717) is 17.8 Å². The summed E-state index contributed by atoms with van der Waals surface area (Å²) in [7, 11) is 0. The maximum absolute atomic E-state index is 6.46. The zero-order chi connectivity index (χ0) is 18.4. The fourth-order valence-corrected chi connectivity index (χ4v) is 5.33. The first-order valence-corrected chi connectivity index (χ1v) is 9.89. The maximum atomic E-state index is 6.46. The van der Waals surface area contributed by atoms with Gasteiger partial charge in [-0.2, -0.15) is 0 Å². The molecule has 4 atom stereocenters. The number of hydrogen-bond acceptors (Lipinski definition) is 1. The lowest BCUT2D eigenvalue weighted by molar-refractivity contribution is 0.441. The van der Waals surface area contributed by atoms with Gasteiger partial charge in [0.2, 0.25) is 0 Å². The number of rotatable bonds is 2. The van der Waals surface area contributed by atoms with Crippen LogP contribution in [0, 0.1) is 17.8 Å². The molecule has 5 rings (SSSR count). The number of hydrogen-bond donors (Lipinski definition) is 1. The van der Waals surface area contributed by atoms with E-state index in [1.54, 1.807) is 0 Å². The molecule has 3 unspecified atom stereocenters. The second-order valence-corrected chi connectivity index (χ2v) is 8.00. The van der Waals surface area contributed by atoms with E-state index in [1.165, 1.54) is 22.3 Å². The first kappa shape index (κ1) is 16.5. The van der Waals surface area contributed by atoms with Crippen LogP contribution in [0.4, 0.5) is 0 Å². The molecule has 2 aromatic rings. The van der Waals surface area contributed by atoms with Gasteiger partial charge in [0.1, 0.15) is 0 Å². The third kappa shape index (κ3) is 2.28. The van der Waals surface area contributed by atoms with Crippen molar-refractivity contribution < 1.29 is 0 Å². The van der Waals surface area contributed by atoms with Gasteiger partial charge in [-0.1, -0.05) is 104 Å². The van der Waals surface area contributed by atoms with Crippen LogP contribution in [0.1, 0.15) is 18.1 Å². The molecular formula is C26H25N. The van der Waals surface area contributed by atoms with E-state index in [1.807, 2.05) is 0 Å². The predicted molar refractivity (Wildman–Crippen MR) is 112 cm³/mol. The average Bonchev–Trinajstić information content (AvgIpc) is 3.00. The number of benzene rings is 2. The summed E-state index contributed by atoms with van der Waals surface area (Å²) in [5, 5.41) is 0. The van der Waals surface area contributed by atoms with Gasteiger partial charge in [-0.05, 0) is 28.2 Å². The van der Waals surface area contributed by atoms with Crippen LogP contribution in [0.2, 0.25) is 0 Å². The van der Waals surface area contributed by atoms with E-state index in [2.05, 4.69) is 104 Å². The van der Waals surface area contributed by atoms with Gasteiger partial charge in [-0.25, -0.2) is 0 Å². The summed E-state index contributed by atoms with van der Waals surface area (Å²) in [6.07, 6.45) is 13.9. The lowest BCUT2D eigenvalue weighted by Crippen LogP contribution is -2.36. The van der Waals surface area contributed by atoms with Crippen molar-refractivity contribution in [2.45, 2.75) is 18.4 Å². The van der Waals surface area contributed by atoms with Gasteiger partial charge in [-0.3, -0.25) is 0 Å². The van der Waals surface area contributed by atoms with E-state index >= 15 is 0 Å². The minimum atomic E-state index is -0.172. The van der Waals surface area contributed by atoms with Crippen LogP contribution in [-0.4, -0.2) is 6.04 Å². The largest absolute Gasteiger partial charge is 0.324 e. The topological polar surface area (TPSA) is 26.0 Å². The van der Waals surface area contributed by atoms with Crippen molar-refractivity contribution in [1.29, 1.82) is 0 Å². The molecule has 0 bridgehead atoms. The Morgan fingerprint density at radius 3 is 2.00 bits per heavy atom. The molecular weight excluding hydrogens is 326 g/mol.